The molecule has 0 bridgehead atoms. The van der Waals surface area contributed by atoms with Gasteiger partial charge in [-0.25, -0.2) is 4.98 Å². The highest BCUT2D eigenvalue weighted by Crippen LogP contribution is 2.28. The normalized spacial score (nSPS) is 11.3. The van der Waals surface area contributed by atoms with E-state index in [1.54, 1.807) is 35.0 Å². The van der Waals surface area contributed by atoms with Gasteiger partial charge in [-0.2, -0.15) is 8.78 Å². The van der Waals surface area contributed by atoms with E-state index in [0.717, 1.165) is 11.1 Å². The minimum Gasteiger partial charge on any atom is -0.472 e. The molecular weight excluding hydrogens is 470 g/mol. The summed E-state index contributed by atoms with van der Waals surface area (Å²) in [5, 5.41) is 14.4. The molecule has 5 rings (SSSR count). The zero-order chi connectivity index (χ0) is 25.0. The van der Waals surface area contributed by atoms with Crippen molar-refractivity contribution in [3.63, 3.8) is 0 Å². The predicted octanol–water partition coefficient (Wildman–Crippen LogP) is 4.40. The van der Waals surface area contributed by atoms with Crippen LogP contribution in [0.2, 0.25) is 0 Å². The number of carbonyl (C=O) groups excluding carboxylic acids is 1. The maximum atomic E-state index is 14.3. The molecule has 2 aromatic carbocycles. The first-order valence-electron chi connectivity index (χ1n) is 10.8. The average Bonchev–Trinajstić information content (AvgIpc) is 3.27. The van der Waals surface area contributed by atoms with E-state index in [-0.39, 0.29) is 18.2 Å². The average molecular weight is 488 g/mol. The van der Waals surface area contributed by atoms with Crippen molar-refractivity contribution < 1.29 is 23.0 Å². The van der Waals surface area contributed by atoms with Crippen molar-refractivity contribution in [2.45, 2.75) is 12.7 Å². The van der Waals surface area contributed by atoms with Crippen LogP contribution in [0, 0.1) is 0 Å². The highest BCUT2D eigenvalue weighted by molar-refractivity contribution is 5.94. The molecule has 0 atom stereocenters. The van der Waals surface area contributed by atoms with E-state index in [2.05, 4.69) is 30.4 Å². The second-order valence-corrected chi connectivity index (χ2v) is 7.56. The van der Waals surface area contributed by atoms with E-state index in [9.17, 15) is 13.6 Å². The van der Waals surface area contributed by atoms with Crippen LogP contribution < -0.4 is 14.8 Å². The Morgan fingerprint density at radius 2 is 1.72 bits per heavy atom. The van der Waals surface area contributed by atoms with E-state index >= 15 is 0 Å². The number of halogens is 2. The Kier molecular flexibility index (Phi) is 6.18. The van der Waals surface area contributed by atoms with Crippen LogP contribution in [0.15, 0.2) is 91.1 Å². The van der Waals surface area contributed by atoms with Crippen LogP contribution in [0.1, 0.15) is 5.69 Å². The smallest absolute Gasteiger partial charge is 0.472 e. The minimum absolute atomic E-state index is 0.00929. The molecule has 3 aromatic heterocycles. The van der Waals surface area contributed by atoms with Gasteiger partial charge < -0.3 is 14.8 Å². The lowest BCUT2D eigenvalue weighted by Crippen LogP contribution is -2.40. The molecule has 0 spiro atoms. The van der Waals surface area contributed by atoms with Gasteiger partial charge >= 0.3 is 12.0 Å². The number of nitrogens with one attached hydrogen (secondary N) is 1. The third-order valence-electron chi connectivity index (χ3n) is 5.04. The van der Waals surface area contributed by atoms with Crippen molar-refractivity contribution in [3.05, 3.63) is 96.8 Å². The van der Waals surface area contributed by atoms with E-state index in [4.69, 9.17) is 4.74 Å². The Bertz CT molecular complexity index is 1500. The van der Waals surface area contributed by atoms with Gasteiger partial charge in [0.2, 0.25) is 5.88 Å². The first-order chi connectivity index (χ1) is 17.5. The number of hydrogen-bond acceptors (Lipinski definition) is 7. The van der Waals surface area contributed by atoms with Crippen LogP contribution >= 0.6 is 0 Å². The topological polar surface area (TPSA) is 104 Å². The predicted molar refractivity (Wildman–Crippen MR) is 126 cm³/mol. The molecular formula is C25H18F2N6O3. The van der Waals surface area contributed by atoms with Gasteiger partial charge in [-0.3, -0.25) is 9.36 Å². The molecule has 1 amide bonds. The molecule has 5 aromatic rings. The van der Waals surface area contributed by atoms with Gasteiger partial charge in [0.1, 0.15) is 18.2 Å². The zero-order valence-corrected chi connectivity index (χ0v) is 18.6. The molecule has 0 aliphatic rings. The number of nitrogens with zero attached hydrogens (tertiary/aromatic N) is 5. The Morgan fingerprint density at radius 3 is 2.50 bits per heavy atom. The molecule has 1 N–H and O–H groups in total. The number of alkyl halides is 2. The molecule has 180 valence electrons. The number of anilines is 1. The number of benzene rings is 2. The maximum Gasteiger partial charge on any atom is 0.482 e. The van der Waals surface area contributed by atoms with Gasteiger partial charge in [-0.15, -0.1) is 10.2 Å². The van der Waals surface area contributed by atoms with Gasteiger partial charge in [0, 0.05) is 11.5 Å². The summed E-state index contributed by atoms with van der Waals surface area (Å²) in [7, 11) is 0. The summed E-state index contributed by atoms with van der Waals surface area (Å²) in [5.41, 5.74) is 1.76. The third-order valence-corrected chi connectivity index (χ3v) is 5.04. The number of hydrogen-bond donors (Lipinski definition) is 1. The fourth-order valence-electron chi connectivity index (χ4n) is 3.43. The van der Waals surface area contributed by atoms with Gasteiger partial charge in [0.15, 0.2) is 5.65 Å². The van der Waals surface area contributed by atoms with Gasteiger partial charge in [-0.05, 0) is 41.6 Å². The number of fused-ring (bicyclic) bond motifs is 1. The fraction of sp³-hybridized carbons (Fsp3) is 0.0800. The molecule has 3 heterocycles. The standard InChI is InChI=1S/C25H18F2N6O3/c26-25(27,36-20-11-5-2-6-12-20)24(34)30-21-13-7-8-18(29-21)16-35-22-14-17-15-28-32-31-23(17)33(22)19-9-3-1-4-10-19/h1-15H,16H2,(H,29,30,34). The van der Waals surface area contributed by atoms with E-state index in [1.165, 1.54) is 30.3 Å². The first-order valence-corrected chi connectivity index (χ1v) is 10.8. The van der Waals surface area contributed by atoms with Gasteiger partial charge in [0.25, 0.3) is 0 Å². The van der Waals surface area contributed by atoms with Crippen molar-refractivity contribution in [2.24, 2.45) is 0 Å². The first kappa shape index (κ1) is 22.8. The second kappa shape index (κ2) is 9.74. The Balaban J connectivity index is 1.32. The van der Waals surface area contributed by atoms with Crippen molar-refractivity contribution in [2.75, 3.05) is 5.32 Å². The van der Waals surface area contributed by atoms with E-state index < -0.39 is 12.0 Å². The lowest BCUT2D eigenvalue weighted by molar-refractivity contribution is -0.187. The molecule has 0 aliphatic heterocycles. The molecule has 0 saturated heterocycles. The third kappa shape index (κ3) is 4.94. The van der Waals surface area contributed by atoms with Crippen LogP contribution in [0.3, 0.4) is 0 Å². The maximum absolute atomic E-state index is 14.3. The zero-order valence-electron chi connectivity index (χ0n) is 18.6. The lowest BCUT2D eigenvalue weighted by Gasteiger charge is -2.17. The van der Waals surface area contributed by atoms with Crippen LogP contribution in [-0.2, 0) is 11.4 Å². The number of para-hydroxylation sites is 2. The SMILES string of the molecule is O=C(Nc1cccc(COc2cc3cnnnc3n2-c2ccccc2)n1)C(F)(F)Oc1ccccc1. The second-order valence-electron chi connectivity index (χ2n) is 7.56. The molecule has 0 saturated carbocycles. The summed E-state index contributed by atoms with van der Waals surface area (Å²) >= 11 is 0. The number of ether oxygens (including phenoxy) is 2. The molecule has 0 unspecified atom stereocenters. The Hall–Kier alpha value is -4.93. The molecule has 0 radical (unpaired) electrons. The summed E-state index contributed by atoms with van der Waals surface area (Å²) in [4.78, 5) is 16.4. The highest BCUT2D eigenvalue weighted by atomic mass is 19.3. The van der Waals surface area contributed by atoms with Gasteiger partial charge in [-0.1, -0.05) is 42.5 Å². The number of rotatable bonds is 8. The van der Waals surface area contributed by atoms with Gasteiger partial charge in [0.05, 0.1) is 17.6 Å². The monoisotopic (exact) mass is 488 g/mol. The Labute approximate surface area is 203 Å². The number of aromatic nitrogens is 5. The largest absolute Gasteiger partial charge is 0.482 e. The van der Waals surface area contributed by atoms with E-state index in [0.29, 0.717) is 17.2 Å². The summed E-state index contributed by atoms with van der Waals surface area (Å²) in [5.74, 6) is -1.40. The molecule has 0 aliphatic carbocycles. The number of carbonyl (C=O) groups is 1. The number of pyridine rings is 1. The lowest BCUT2D eigenvalue weighted by atomic mass is 10.3. The highest BCUT2D eigenvalue weighted by Gasteiger charge is 2.42. The van der Waals surface area contributed by atoms with Crippen LogP contribution in [-0.4, -0.2) is 37.0 Å². The summed E-state index contributed by atoms with van der Waals surface area (Å²) in [6.45, 7) is -0.00929. The summed E-state index contributed by atoms with van der Waals surface area (Å²) < 4.78 is 40.8. The molecule has 0 fully saturated rings. The summed E-state index contributed by atoms with van der Waals surface area (Å²) in [6.07, 6.45) is -2.53. The molecule has 36 heavy (non-hydrogen) atoms. The summed E-state index contributed by atoms with van der Waals surface area (Å²) in [6, 6.07) is 23.1. The number of amides is 1. The quantitative estimate of drug-likeness (QED) is 0.345. The Morgan fingerprint density at radius 1 is 0.972 bits per heavy atom. The van der Waals surface area contributed by atoms with Crippen molar-refractivity contribution in [1.82, 2.24) is 25.0 Å². The minimum atomic E-state index is -4.10. The molecule has 9 nitrogen and oxygen atoms in total. The van der Waals surface area contributed by atoms with Crippen molar-refractivity contribution >= 4 is 22.8 Å². The van der Waals surface area contributed by atoms with Crippen LogP contribution in [0.4, 0.5) is 14.6 Å². The molecule has 11 heteroatoms. The van der Waals surface area contributed by atoms with Crippen LogP contribution in [0.5, 0.6) is 11.6 Å². The fourth-order valence-corrected chi connectivity index (χ4v) is 3.43. The van der Waals surface area contributed by atoms with E-state index in [1.807, 2.05) is 30.3 Å². The van der Waals surface area contributed by atoms with Crippen molar-refractivity contribution in [3.8, 4) is 17.3 Å². The van der Waals surface area contributed by atoms with Crippen LogP contribution in [0.25, 0.3) is 16.7 Å². The van der Waals surface area contributed by atoms with Crippen molar-refractivity contribution in [1.29, 1.82) is 0 Å².